The highest BCUT2D eigenvalue weighted by Crippen LogP contribution is 2.31. The molecule has 4 aromatic rings. The summed E-state index contributed by atoms with van der Waals surface area (Å²) in [5.41, 5.74) is 2.97. The van der Waals surface area contributed by atoms with Gasteiger partial charge in [-0.05, 0) is 68.0 Å². The van der Waals surface area contributed by atoms with Crippen LogP contribution in [0.25, 0.3) is 21.0 Å². The Balaban J connectivity index is 1.74. The molecule has 0 saturated heterocycles. The number of benzene rings is 3. The first kappa shape index (κ1) is 20.5. The highest BCUT2D eigenvalue weighted by atomic mass is 32.1. The number of rotatable bonds is 7. The van der Waals surface area contributed by atoms with E-state index in [-0.39, 0.29) is 5.91 Å². The van der Waals surface area contributed by atoms with E-state index < -0.39 is 0 Å². The minimum absolute atomic E-state index is 0.0142. The summed E-state index contributed by atoms with van der Waals surface area (Å²) in [7, 11) is 4.11. The number of anilines is 1. The zero-order valence-electron chi connectivity index (χ0n) is 17.8. The highest BCUT2D eigenvalue weighted by Gasteiger charge is 2.22. The number of fused-ring (bicyclic) bond motifs is 2. The minimum atomic E-state index is 0.0142. The summed E-state index contributed by atoms with van der Waals surface area (Å²) in [5, 5.41) is 2.83. The number of thiazole rings is 1. The maximum absolute atomic E-state index is 13.7. The van der Waals surface area contributed by atoms with E-state index in [1.54, 1.807) is 11.3 Å². The predicted molar refractivity (Wildman–Crippen MR) is 128 cm³/mol. The molecule has 1 heterocycles. The molecule has 3 aromatic carbocycles. The quantitative estimate of drug-likeness (QED) is 0.392. The molecule has 0 aliphatic heterocycles. The van der Waals surface area contributed by atoms with Gasteiger partial charge in [-0.3, -0.25) is 9.69 Å². The van der Waals surface area contributed by atoms with Gasteiger partial charge in [-0.25, -0.2) is 4.98 Å². The molecule has 0 N–H and O–H groups in total. The van der Waals surface area contributed by atoms with E-state index in [1.807, 2.05) is 47.4 Å². The molecule has 0 unspecified atom stereocenters. The number of carbonyl (C=O) groups excluding carboxylic acids is 1. The number of aromatic nitrogens is 1. The lowest BCUT2D eigenvalue weighted by atomic mass is 10.0. The van der Waals surface area contributed by atoms with Gasteiger partial charge in [0.25, 0.3) is 5.91 Å². The van der Waals surface area contributed by atoms with Crippen molar-refractivity contribution in [2.75, 3.05) is 32.1 Å². The number of aryl methyl sites for hydroxylation is 1. The highest BCUT2D eigenvalue weighted by molar-refractivity contribution is 7.22. The molecule has 0 aliphatic carbocycles. The lowest BCUT2D eigenvalue weighted by molar-refractivity contribution is 0.0987. The number of nitrogens with zero attached hydrogens (tertiary/aromatic N) is 3. The van der Waals surface area contributed by atoms with Gasteiger partial charge in [-0.2, -0.15) is 0 Å². The van der Waals surface area contributed by atoms with Crippen LogP contribution in [0.3, 0.4) is 0 Å². The molecular weight excluding hydrogens is 390 g/mol. The van der Waals surface area contributed by atoms with Crippen LogP contribution in [0.5, 0.6) is 0 Å². The summed E-state index contributed by atoms with van der Waals surface area (Å²) in [6.07, 6.45) is 1.88. The molecule has 0 fully saturated rings. The average molecular weight is 418 g/mol. The smallest absolute Gasteiger partial charge is 0.260 e. The van der Waals surface area contributed by atoms with E-state index in [0.29, 0.717) is 6.54 Å². The number of carbonyl (C=O) groups is 1. The first-order valence-corrected chi connectivity index (χ1v) is 11.2. The first-order valence-electron chi connectivity index (χ1n) is 10.4. The van der Waals surface area contributed by atoms with Crippen molar-refractivity contribution >= 4 is 43.4 Å². The Bertz CT molecular complexity index is 1180. The summed E-state index contributed by atoms with van der Waals surface area (Å²) >= 11 is 1.60. The van der Waals surface area contributed by atoms with Crippen LogP contribution in [-0.4, -0.2) is 43.0 Å². The Morgan fingerprint density at radius 2 is 1.80 bits per heavy atom. The first-order chi connectivity index (χ1) is 14.6. The van der Waals surface area contributed by atoms with Gasteiger partial charge in [0.2, 0.25) is 0 Å². The molecule has 0 saturated carbocycles. The van der Waals surface area contributed by atoms with Crippen LogP contribution >= 0.6 is 11.3 Å². The van der Waals surface area contributed by atoms with Crippen LogP contribution in [-0.2, 0) is 6.42 Å². The third kappa shape index (κ3) is 4.23. The topological polar surface area (TPSA) is 36.4 Å². The maximum atomic E-state index is 13.7. The fourth-order valence-corrected chi connectivity index (χ4v) is 4.73. The van der Waals surface area contributed by atoms with Crippen molar-refractivity contribution in [3.63, 3.8) is 0 Å². The molecule has 0 aliphatic rings. The maximum Gasteiger partial charge on any atom is 0.260 e. The zero-order valence-corrected chi connectivity index (χ0v) is 18.6. The molecule has 4 rings (SSSR count). The summed E-state index contributed by atoms with van der Waals surface area (Å²) < 4.78 is 1.13. The summed E-state index contributed by atoms with van der Waals surface area (Å²) in [6.45, 7) is 3.71. The van der Waals surface area contributed by atoms with E-state index in [1.165, 1.54) is 5.56 Å². The number of hydrogen-bond acceptors (Lipinski definition) is 4. The largest absolute Gasteiger partial charge is 0.309 e. The van der Waals surface area contributed by atoms with Gasteiger partial charge >= 0.3 is 0 Å². The minimum Gasteiger partial charge on any atom is -0.309 e. The van der Waals surface area contributed by atoms with Gasteiger partial charge in [-0.1, -0.05) is 60.7 Å². The number of amides is 1. The van der Waals surface area contributed by atoms with E-state index in [4.69, 9.17) is 4.98 Å². The van der Waals surface area contributed by atoms with Crippen molar-refractivity contribution in [2.24, 2.45) is 0 Å². The lowest BCUT2D eigenvalue weighted by Gasteiger charge is -2.21. The van der Waals surface area contributed by atoms with Crippen molar-refractivity contribution in [1.29, 1.82) is 0 Å². The second-order valence-electron chi connectivity index (χ2n) is 7.79. The summed E-state index contributed by atoms with van der Waals surface area (Å²) in [5.74, 6) is 0.0142. The van der Waals surface area contributed by atoms with Crippen LogP contribution in [0, 0.1) is 0 Å². The van der Waals surface area contributed by atoms with Crippen molar-refractivity contribution in [3.8, 4) is 0 Å². The fourth-order valence-electron chi connectivity index (χ4n) is 3.68. The molecule has 1 aromatic heterocycles. The van der Waals surface area contributed by atoms with Crippen molar-refractivity contribution in [1.82, 2.24) is 9.88 Å². The standard InChI is InChI=1S/C25H27N3OS/c1-4-18-13-14-22-23(17-18)30-25(26-22)28(16-8-15-27(2)3)24(29)21-12-7-10-19-9-5-6-11-20(19)21/h5-7,9-14,17H,4,8,15-16H2,1-3H3. The van der Waals surface area contributed by atoms with Gasteiger partial charge in [0.15, 0.2) is 5.13 Å². The molecule has 4 nitrogen and oxygen atoms in total. The third-order valence-corrected chi connectivity index (χ3v) is 6.37. The molecule has 0 radical (unpaired) electrons. The molecule has 0 spiro atoms. The molecule has 0 bridgehead atoms. The monoisotopic (exact) mass is 417 g/mol. The molecule has 0 atom stereocenters. The Hall–Kier alpha value is -2.76. The van der Waals surface area contributed by atoms with Crippen molar-refractivity contribution in [3.05, 3.63) is 71.8 Å². The van der Waals surface area contributed by atoms with E-state index in [9.17, 15) is 4.79 Å². The van der Waals surface area contributed by atoms with Crippen LogP contribution in [0.15, 0.2) is 60.7 Å². The van der Waals surface area contributed by atoms with Crippen LogP contribution in [0.1, 0.15) is 29.3 Å². The molecule has 154 valence electrons. The normalized spacial score (nSPS) is 11.5. The third-order valence-electron chi connectivity index (χ3n) is 5.33. The van der Waals surface area contributed by atoms with Crippen LogP contribution in [0.2, 0.25) is 0 Å². The number of hydrogen-bond donors (Lipinski definition) is 0. The molecule has 1 amide bonds. The molecular formula is C25H27N3OS. The van der Waals surface area contributed by atoms with E-state index >= 15 is 0 Å². The summed E-state index contributed by atoms with van der Waals surface area (Å²) in [4.78, 5) is 22.5. The lowest BCUT2D eigenvalue weighted by Crippen LogP contribution is -2.33. The van der Waals surface area contributed by atoms with Gasteiger partial charge in [0.05, 0.1) is 10.2 Å². The van der Waals surface area contributed by atoms with Crippen molar-refractivity contribution < 1.29 is 4.79 Å². The predicted octanol–water partition coefficient (Wildman–Crippen LogP) is 5.61. The SMILES string of the molecule is CCc1ccc2nc(N(CCCN(C)C)C(=O)c3cccc4ccccc34)sc2c1. The Morgan fingerprint density at radius 3 is 2.60 bits per heavy atom. The van der Waals surface area contributed by atoms with Gasteiger partial charge in [0.1, 0.15) is 0 Å². The zero-order chi connectivity index (χ0) is 21.1. The molecule has 30 heavy (non-hydrogen) atoms. The second-order valence-corrected chi connectivity index (χ2v) is 8.80. The fraction of sp³-hybridized carbons (Fsp3) is 0.280. The Kier molecular flexibility index (Phi) is 6.11. The van der Waals surface area contributed by atoms with Crippen LogP contribution < -0.4 is 4.90 Å². The molecule has 5 heteroatoms. The van der Waals surface area contributed by atoms with E-state index in [0.717, 1.165) is 51.1 Å². The van der Waals surface area contributed by atoms with E-state index in [2.05, 4.69) is 44.1 Å². The average Bonchev–Trinajstić information content (AvgIpc) is 3.18. The van der Waals surface area contributed by atoms with Gasteiger partial charge < -0.3 is 4.90 Å². The Labute approximate surface area is 181 Å². The van der Waals surface area contributed by atoms with Crippen molar-refractivity contribution in [2.45, 2.75) is 19.8 Å². The Morgan fingerprint density at radius 1 is 1.00 bits per heavy atom. The van der Waals surface area contributed by atoms with Crippen LogP contribution in [0.4, 0.5) is 5.13 Å². The second kappa shape index (κ2) is 8.94. The van der Waals surface area contributed by atoms with Gasteiger partial charge in [-0.15, -0.1) is 0 Å². The summed E-state index contributed by atoms with van der Waals surface area (Å²) in [6, 6.07) is 20.4. The van der Waals surface area contributed by atoms with Gasteiger partial charge in [0, 0.05) is 12.1 Å².